The van der Waals surface area contributed by atoms with Crippen molar-refractivity contribution in [2.45, 2.75) is 18.0 Å². The van der Waals surface area contributed by atoms with E-state index in [1.807, 2.05) is 0 Å². The highest BCUT2D eigenvalue weighted by molar-refractivity contribution is 7.99. The van der Waals surface area contributed by atoms with Crippen LogP contribution >= 0.6 is 11.8 Å². The number of aryl methyl sites for hydroxylation is 1. The summed E-state index contributed by atoms with van der Waals surface area (Å²) in [5.41, 5.74) is 6.09. The zero-order valence-electron chi connectivity index (χ0n) is 8.17. The second-order valence-corrected chi connectivity index (χ2v) is 4.04. The molecule has 0 fully saturated rings. The molecule has 0 saturated heterocycles. The lowest BCUT2D eigenvalue weighted by atomic mass is 10.4. The van der Waals surface area contributed by atoms with Crippen molar-refractivity contribution in [3.8, 4) is 5.75 Å². The average Bonchev–Trinajstić information content (AvgIpc) is 2.18. The van der Waals surface area contributed by atoms with Gasteiger partial charge in [0.1, 0.15) is 16.8 Å². The Kier molecular flexibility index (Phi) is 3.93. The summed E-state index contributed by atoms with van der Waals surface area (Å²) in [6.45, 7) is 1.79. The number of thioether (sulfide) groups is 1. The minimum Gasteiger partial charge on any atom is -0.505 e. The molecule has 1 aromatic heterocycles. The predicted octanol–water partition coefficient (Wildman–Crippen LogP) is 0.600. The van der Waals surface area contributed by atoms with Crippen molar-refractivity contribution < 1.29 is 15.0 Å². The monoisotopic (exact) mass is 228 g/mol. The first-order valence-corrected chi connectivity index (χ1v) is 5.27. The van der Waals surface area contributed by atoms with Crippen LogP contribution in [0.1, 0.15) is 5.69 Å². The van der Waals surface area contributed by atoms with E-state index >= 15 is 0 Å². The molecular weight excluding hydrogens is 216 g/mol. The molecule has 6 heteroatoms. The highest BCUT2D eigenvalue weighted by Crippen LogP contribution is 2.26. The first kappa shape index (κ1) is 11.8. The van der Waals surface area contributed by atoms with E-state index < -0.39 is 12.0 Å². The van der Waals surface area contributed by atoms with Crippen molar-refractivity contribution in [2.75, 3.05) is 5.75 Å². The molecular formula is C9H12N2O3S. The number of aromatic hydroxyl groups is 1. The van der Waals surface area contributed by atoms with Crippen molar-refractivity contribution in [1.29, 1.82) is 0 Å². The van der Waals surface area contributed by atoms with Crippen LogP contribution < -0.4 is 5.73 Å². The van der Waals surface area contributed by atoms with E-state index in [2.05, 4.69) is 4.98 Å². The largest absolute Gasteiger partial charge is 0.505 e. The third-order valence-corrected chi connectivity index (χ3v) is 2.80. The molecule has 15 heavy (non-hydrogen) atoms. The summed E-state index contributed by atoms with van der Waals surface area (Å²) in [5.74, 6) is -0.836. The Balaban J connectivity index is 2.65. The molecule has 4 N–H and O–H groups in total. The molecule has 0 aliphatic rings. The molecule has 0 amide bonds. The van der Waals surface area contributed by atoms with Crippen LogP contribution in [0.15, 0.2) is 17.2 Å². The maximum Gasteiger partial charge on any atom is 0.321 e. The predicted molar refractivity (Wildman–Crippen MR) is 57.0 cm³/mol. The number of carbonyl (C=O) groups is 1. The highest BCUT2D eigenvalue weighted by Gasteiger charge is 2.13. The molecule has 0 aliphatic carbocycles. The van der Waals surface area contributed by atoms with Gasteiger partial charge in [0.2, 0.25) is 0 Å². The quantitative estimate of drug-likeness (QED) is 0.653. The Hall–Kier alpha value is -1.27. The Labute approximate surface area is 91.3 Å². The maximum atomic E-state index is 10.5. The molecule has 1 rings (SSSR count). The minimum atomic E-state index is -1.06. The van der Waals surface area contributed by atoms with E-state index in [-0.39, 0.29) is 11.5 Å². The van der Waals surface area contributed by atoms with E-state index in [1.165, 1.54) is 6.07 Å². The fourth-order valence-corrected chi connectivity index (χ4v) is 1.78. The third kappa shape index (κ3) is 3.41. The van der Waals surface area contributed by atoms with E-state index in [1.54, 1.807) is 13.0 Å². The molecule has 0 aliphatic heterocycles. The SMILES string of the molecule is Cc1ccc(O)c(SC[C@H](N)C(=O)O)n1. The lowest BCUT2D eigenvalue weighted by molar-refractivity contribution is -0.137. The molecule has 0 aromatic carbocycles. The number of aromatic nitrogens is 1. The van der Waals surface area contributed by atoms with Gasteiger partial charge in [0.05, 0.1) is 0 Å². The van der Waals surface area contributed by atoms with E-state index in [4.69, 9.17) is 10.8 Å². The van der Waals surface area contributed by atoms with Gasteiger partial charge in [0.25, 0.3) is 0 Å². The summed E-state index contributed by atoms with van der Waals surface area (Å²) in [4.78, 5) is 14.5. The van der Waals surface area contributed by atoms with Crippen molar-refractivity contribution in [1.82, 2.24) is 4.98 Å². The first-order chi connectivity index (χ1) is 7.00. The van der Waals surface area contributed by atoms with Crippen LogP contribution in [0, 0.1) is 6.92 Å². The number of nitrogens with zero attached hydrogens (tertiary/aromatic N) is 1. The number of aliphatic carboxylic acids is 1. The lowest BCUT2D eigenvalue weighted by Gasteiger charge is -2.07. The highest BCUT2D eigenvalue weighted by atomic mass is 32.2. The maximum absolute atomic E-state index is 10.5. The van der Waals surface area contributed by atoms with E-state index in [0.717, 1.165) is 17.5 Å². The fourth-order valence-electron chi connectivity index (χ4n) is 0.872. The normalized spacial score (nSPS) is 12.4. The third-order valence-electron chi connectivity index (χ3n) is 1.70. The van der Waals surface area contributed by atoms with Gasteiger partial charge >= 0.3 is 5.97 Å². The van der Waals surface area contributed by atoms with Crippen molar-refractivity contribution in [2.24, 2.45) is 5.73 Å². The molecule has 0 bridgehead atoms. The number of carboxylic acid groups (broad SMARTS) is 1. The summed E-state index contributed by atoms with van der Waals surface area (Å²) in [5, 5.41) is 18.4. The molecule has 1 heterocycles. The van der Waals surface area contributed by atoms with Crippen molar-refractivity contribution >= 4 is 17.7 Å². The van der Waals surface area contributed by atoms with Gasteiger partial charge < -0.3 is 15.9 Å². The minimum absolute atomic E-state index is 0.0446. The van der Waals surface area contributed by atoms with Crippen LogP contribution in [0.25, 0.3) is 0 Å². The lowest BCUT2D eigenvalue weighted by Crippen LogP contribution is -2.32. The van der Waals surface area contributed by atoms with Gasteiger partial charge in [-0.3, -0.25) is 4.79 Å². The molecule has 82 valence electrons. The summed E-state index contributed by atoms with van der Waals surface area (Å²) < 4.78 is 0. The topological polar surface area (TPSA) is 96.4 Å². The molecule has 0 spiro atoms. The Morgan fingerprint density at radius 3 is 2.93 bits per heavy atom. The van der Waals surface area contributed by atoms with Crippen LogP contribution in [0.5, 0.6) is 5.75 Å². The average molecular weight is 228 g/mol. The second-order valence-electron chi connectivity index (χ2n) is 3.03. The number of carboxylic acids is 1. The summed E-state index contributed by atoms with van der Waals surface area (Å²) >= 11 is 1.13. The number of hydrogen-bond donors (Lipinski definition) is 3. The molecule has 5 nitrogen and oxygen atoms in total. The van der Waals surface area contributed by atoms with Crippen LogP contribution in [0.2, 0.25) is 0 Å². The van der Waals surface area contributed by atoms with Crippen molar-refractivity contribution in [3.63, 3.8) is 0 Å². The van der Waals surface area contributed by atoms with Crippen molar-refractivity contribution in [3.05, 3.63) is 17.8 Å². The van der Waals surface area contributed by atoms with Gasteiger partial charge in [0.15, 0.2) is 0 Å². The van der Waals surface area contributed by atoms with Gasteiger partial charge in [0, 0.05) is 11.4 Å². The van der Waals surface area contributed by atoms with Crippen LogP contribution in [-0.2, 0) is 4.79 Å². The first-order valence-electron chi connectivity index (χ1n) is 4.28. The van der Waals surface area contributed by atoms with E-state index in [0.29, 0.717) is 5.03 Å². The molecule has 0 unspecified atom stereocenters. The molecule has 1 aromatic rings. The smallest absolute Gasteiger partial charge is 0.321 e. The number of pyridine rings is 1. The summed E-state index contributed by atoms with van der Waals surface area (Å²) in [6.07, 6.45) is 0. The summed E-state index contributed by atoms with van der Waals surface area (Å²) in [7, 11) is 0. The van der Waals surface area contributed by atoms with Gasteiger partial charge in [-0.05, 0) is 19.1 Å². The van der Waals surface area contributed by atoms with Gasteiger partial charge in [-0.2, -0.15) is 0 Å². The van der Waals surface area contributed by atoms with Gasteiger partial charge in [-0.25, -0.2) is 4.98 Å². The zero-order chi connectivity index (χ0) is 11.4. The number of hydrogen-bond acceptors (Lipinski definition) is 5. The molecule has 0 saturated carbocycles. The molecule has 1 atom stereocenters. The fraction of sp³-hybridized carbons (Fsp3) is 0.333. The Bertz CT molecular complexity index is 370. The second kappa shape index (κ2) is 4.99. The zero-order valence-corrected chi connectivity index (χ0v) is 8.99. The van der Waals surface area contributed by atoms with Crippen LogP contribution in [-0.4, -0.2) is 33.0 Å². The standard InChI is InChI=1S/C9H12N2O3S/c1-5-2-3-7(12)8(11-5)15-4-6(10)9(13)14/h2-3,6,12H,4,10H2,1H3,(H,13,14)/t6-/m0/s1. The number of nitrogens with two attached hydrogens (primary N) is 1. The Morgan fingerprint density at radius 2 is 2.33 bits per heavy atom. The Morgan fingerprint density at radius 1 is 1.67 bits per heavy atom. The summed E-state index contributed by atoms with van der Waals surface area (Å²) in [6, 6.07) is 2.25. The molecule has 0 radical (unpaired) electrons. The van der Waals surface area contributed by atoms with Crippen LogP contribution in [0.3, 0.4) is 0 Å². The van der Waals surface area contributed by atoms with Gasteiger partial charge in [-0.1, -0.05) is 0 Å². The van der Waals surface area contributed by atoms with Gasteiger partial charge in [-0.15, -0.1) is 11.8 Å². The number of rotatable bonds is 4. The van der Waals surface area contributed by atoms with Crippen LogP contribution in [0.4, 0.5) is 0 Å². The van der Waals surface area contributed by atoms with E-state index in [9.17, 15) is 9.90 Å².